The van der Waals surface area contributed by atoms with Crippen LogP contribution in [0.1, 0.15) is 18.9 Å². The van der Waals surface area contributed by atoms with Crippen molar-refractivity contribution in [2.75, 3.05) is 6.26 Å². The van der Waals surface area contributed by atoms with Gasteiger partial charge in [-0.1, -0.05) is 18.2 Å². The highest BCUT2D eigenvalue weighted by atomic mass is 32.2. The van der Waals surface area contributed by atoms with Gasteiger partial charge in [-0.3, -0.25) is 4.79 Å². The Hall–Kier alpha value is -1.44. The number of rotatable bonds is 7. The van der Waals surface area contributed by atoms with Crippen molar-refractivity contribution >= 4 is 17.7 Å². The van der Waals surface area contributed by atoms with E-state index in [1.54, 1.807) is 11.8 Å². The van der Waals surface area contributed by atoms with E-state index >= 15 is 0 Å². The summed E-state index contributed by atoms with van der Waals surface area (Å²) in [5, 5.41) is 3.19. The maximum absolute atomic E-state index is 11.3. The first kappa shape index (κ1) is 15.6. The van der Waals surface area contributed by atoms with Crippen LogP contribution in [-0.2, 0) is 11.2 Å². The lowest BCUT2D eigenvalue weighted by Crippen LogP contribution is -2.46. The van der Waals surface area contributed by atoms with Gasteiger partial charge in [-0.2, -0.15) is 0 Å². The summed E-state index contributed by atoms with van der Waals surface area (Å²) >= 11 is 1.72. The lowest BCUT2D eigenvalue weighted by atomic mass is 10.1. The van der Waals surface area contributed by atoms with Gasteiger partial charge in [0.15, 0.2) is 0 Å². The molecule has 0 heterocycles. The molecule has 1 aromatic carbocycles. The summed E-state index contributed by atoms with van der Waals surface area (Å²) in [5.41, 5.74) is 6.58. The van der Waals surface area contributed by atoms with Gasteiger partial charge in [0.25, 0.3) is 0 Å². The molecule has 0 saturated carbocycles. The summed E-state index contributed by atoms with van der Waals surface area (Å²) in [4.78, 5) is 12.5. The molecule has 3 N–H and O–H groups in total. The summed E-state index contributed by atoms with van der Waals surface area (Å²) in [7, 11) is 0. The Morgan fingerprint density at radius 1 is 1.53 bits per heavy atom. The molecule has 1 rings (SSSR count). The number of carbonyl (C=O) groups is 1. The zero-order chi connectivity index (χ0) is 14.3. The number of amides is 1. The Morgan fingerprint density at radius 3 is 2.79 bits per heavy atom. The number of primary amides is 1. The van der Waals surface area contributed by atoms with Crippen molar-refractivity contribution in [1.82, 2.24) is 5.32 Å². The zero-order valence-corrected chi connectivity index (χ0v) is 12.2. The van der Waals surface area contributed by atoms with Gasteiger partial charge in [0, 0.05) is 17.4 Å². The van der Waals surface area contributed by atoms with E-state index in [0.29, 0.717) is 6.42 Å². The summed E-state index contributed by atoms with van der Waals surface area (Å²) < 4.78 is 0. The molecule has 0 spiro atoms. The molecule has 0 aliphatic carbocycles. The Morgan fingerprint density at radius 2 is 2.21 bits per heavy atom. The molecule has 0 aliphatic heterocycles. The fraction of sp³-hybridized carbons (Fsp3) is 0.400. The van der Waals surface area contributed by atoms with E-state index in [-0.39, 0.29) is 6.04 Å². The molecule has 2 atom stereocenters. The Balaban J connectivity index is 2.66. The van der Waals surface area contributed by atoms with Crippen LogP contribution in [0.4, 0.5) is 0 Å². The van der Waals surface area contributed by atoms with Crippen LogP contribution < -0.4 is 11.1 Å². The third kappa shape index (κ3) is 4.98. The summed E-state index contributed by atoms with van der Waals surface area (Å²) in [6, 6.07) is 7.93. The fourth-order valence-corrected chi connectivity index (χ4v) is 2.59. The second kappa shape index (κ2) is 7.88. The molecular formula is C15H20N2OS. The van der Waals surface area contributed by atoms with E-state index < -0.39 is 11.9 Å². The average Bonchev–Trinajstić information content (AvgIpc) is 2.38. The first-order chi connectivity index (χ1) is 9.08. The Labute approximate surface area is 119 Å². The van der Waals surface area contributed by atoms with Crippen LogP contribution in [-0.4, -0.2) is 24.2 Å². The molecule has 0 aliphatic rings. The van der Waals surface area contributed by atoms with Crippen LogP contribution in [0.3, 0.4) is 0 Å². The van der Waals surface area contributed by atoms with Crippen LogP contribution in [0.2, 0.25) is 0 Å². The number of thioether (sulfide) groups is 1. The number of nitrogens with one attached hydrogen (secondary N) is 1. The van der Waals surface area contributed by atoms with Gasteiger partial charge >= 0.3 is 0 Å². The normalized spacial score (nSPS) is 13.5. The second-order valence-corrected chi connectivity index (χ2v) is 5.29. The zero-order valence-electron chi connectivity index (χ0n) is 11.3. The number of hydrogen-bond acceptors (Lipinski definition) is 3. The van der Waals surface area contributed by atoms with Crippen LogP contribution in [0.25, 0.3) is 0 Å². The minimum absolute atomic E-state index is 0.138. The Bertz CT molecular complexity index is 467. The van der Waals surface area contributed by atoms with Gasteiger partial charge in [0.05, 0.1) is 6.04 Å². The lowest BCUT2D eigenvalue weighted by Gasteiger charge is -2.20. The van der Waals surface area contributed by atoms with Crippen molar-refractivity contribution in [1.29, 1.82) is 0 Å². The van der Waals surface area contributed by atoms with E-state index in [9.17, 15) is 4.79 Å². The minimum Gasteiger partial charge on any atom is -0.368 e. The molecule has 0 radical (unpaired) electrons. The minimum atomic E-state index is -0.457. The molecule has 4 heteroatoms. The molecule has 1 aromatic rings. The number of carbonyl (C=O) groups excluding carboxylic acids is 1. The van der Waals surface area contributed by atoms with Gasteiger partial charge in [-0.05, 0) is 31.2 Å². The molecule has 3 nitrogen and oxygen atoms in total. The van der Waals surface area contributed by atoms with Crippen molar-refractivity contribution < 1.29 is 4.79 Å². The topological polar surface area (TPSA) is 55.1 Å². The van der Waals surface area contributed by atoms with Gasteiger partial charge in [0.1, 0.15) is 0 Å². The summed E-state index contributed by atoms with van der Waals surface area (Å²) in [6.07, 6.45) is 8.46. The SMILES string of the molecule is C#CC[C@H](N[C@@H](C)Cc1ccccc1SC)C(N)=O. The first-order valence-electron chi connectivity index (χ1n) is 6.19. The molecule has 0 bridgehead atoms. The van der Waals surface area contributed by atoms with E-state index in [1.807, 2.05) is 19.1 Å². The fourth-order valence-electron chi connectivity index (χ4n) is 1.96. The largest absolute Gasteiger partial charge is 0.368 e. The second-order valence-electron chi connectivity index (χ2n) is 4.45. The number of benzene rings is 1. The number of terminal acetylenes is 1. The molecule has 0 fully saturated rings. The van der Waals surface area contributed by atoms with Gasteiger partial charge in [0.2, 0.25) is 5.91 Å². The maximum atomic E-state index is 11.3. The van der Waals surface area contributed by atoms with Crippen LogP contribution >= 0.6 is 11.8 Å². The molecule has 1 amide bonds. The van der Waals surface area contributed by atoms with Crippen LogP contribution in [0, 0.1) is 12.3 Å². The third-order valence-corrected chi connectivity index (χ3v) is 3.71. The highest BCUT2D eigenvalue weighted by Gasteiger charge is 2.17. The van der Waals surface area contributed by atoms with E-state index in [0.717, 1.165) is 6.42 Å². The number of nitrogens with two attached hydrogens (primary N) is 1. The predicted octanol–water partition coefficient (Wildman–Crippen LogP) is 1.81. The standard InChI is InChI=1S/C15H20N2OS/c1-4-7-13(15(16)18)17-11(2)10-12-8-5-6-9-14(12)19-3/h1,5-6,8-9,11,13,17H,7,10H2,2-3H3,(H2,16,18)/t11-,13-/m0/s1. The van der Waals surface area contributed by atoms with Crippen LogP contribution in [0.5, 0.6) is 0 Å². The van der Waals surface area contributed by atoms with Crippen molar-refractivity contribution in [2.24, 2.45) is 5.73 Å². The highest BCUT2D eigenvalue weighted by Crippen LogP contribution is 2.21. The van der Waals surface area contributed by atoms with Crippen LogP contribution in [0.15, 0.2) is 29.2 Å². The number of hydrogen-bond donors (Lipinski definition) is 2. The van der Waals surface area contributed by atoms with Crippen molar-refractivity contribution in [2.45, 2.75) is 36.7 Å². The van der Waals surface area contributed by atoms with Gasteiger partial charge in [-0.15, -0.1) is 24.1 Å². The quantitative estimate of drug-likeness (QED) is 0.590. The molecule has 0 aromatic heterocycles. The maximum Gasteiger partial charge on any atom is 0.235 e. The summed E-state index contributed by atoms with van der Waals surface area (Å²) in [6.45, 7) is 2.03. The average molecular weight is 276 g/mol. The monoisotopic (exact) mass is 276 g/mol. The van der Waals surface area contributed by atoms with Crippen molar-refractivity contribution in [3.63, 3.8) is 0 Å². The summed E-state index contributed by atoms with van der Waals surface area (Å²) in [5.74, 6) is 2.07. The van der Waals surface area contributed by atoms with Crippen molar-refractivity contribution in [3.05, 3.63) is 29.8 Å². The van der Waals surface area contributed by atoms with E-state index in [4.69, 9.17) is 12.2 Å². The lowest BCUT2D eigenvalue weighted by molar-refractivity contribution is -0.120. The smallest absolute Gasteiger partial charge is 0.235 e. The first-order valence-corrected chi connectivity index (χ1v) is 7.41. The van der Waals surface area contributed by atoms with Gasteiger partial charge in [-0.25, -0.2) is 0 Å². The molecule has 102 valence electrons. The third-order valence-electron chi connectivity index (χ3n) is 2.87. The van der Waals surface area contributed by atoms with Gasteiger partial charge < -0.3 is 11.1 Å². The predicted molar refractivity (Wildman–Crippen MR) is 81.0 cm³/mol. The molecule has 19 heavy (non-hydrogen) atoms. The van der Waals surface area contributed by atoms with Crippen molar-refractivity contribution in [3.8, 4) is 12.3 Å². The Kier molecular flexibility index (Phi) is 6.48. The van der Waals surface area contributed by atoms with E-state index in [2.05, 4.69) is 29.6 Å². The van der Waals surface area contributed by atoms with E-state index in [1.165, 1.54) is 10.5 Å². The molecule has 0 saturated heterocycles. The molecular weight excluding hydrogens is 256 g/mol. The molecule has 0 unspecified atom stereocenters. The highest BCUT2D eigenvalue weighted by molar-refractivity contribution is 7.98.